The fraction of sp³-hybridized carbons (Fsp3) is 0.867. The molecule has 0 spiro atoms. The number of likely N-dealkylation sites (tertiary alicyclic amines) is 1. The Kier molecular flexibility index (Phi) is 7.44. The molecule has 3 amide bonds. The zero-order valence-electron chi connectivity index (χ0n) is 14.2. The number of hydrogen-bond acceptors (Lipinski definition) is 4. The van der Waals surface area contributed by atoms with Gasteiger partial charge in [-0.25, -0.2) is 9.59 Å². The molecule has 1 aliphatic rings. The van der Waals surface area contributed by atoms with Gasteiger partial charge in [0.25, 0.3) is 0 Å². The average molecular weight is 314 g/mol. The largest absolute Gasteiger partial charge is 0.444 e. The highest BCUT2D eigenvalue weighted by molar-refractivity contribution is 5.74. The molecule has 0 aromatic rings. The molecule has 0 unspecified atom stereocenters. The lowest BCUT2D eigenvalue weighted by atomic mass is 10.1. The van der Waals surface area contributed by atoms with Crippen LogP contribution >= 0.6 is 0 Å². The van der Waals surface area contributed by atoms with Crippen molar-refractivity contribution in [3.8, 4) is 0 Å². The standard InChI is InChI=1S/C15H30N4O3/c1-5-19-10-6-12(7-11-19)18-13(20)16-8-9-17-14(21)22-15(2,3)4/h12H,5-11H2,1-4H3,(H,17,21)(H2,16,18,20). The summed E-state index contributed by atoms with van der Waals surface area (Å²) >= 11 is 0. The zero-order valence-corrected chi connectivity index (χ0v) is 14.2. The minimum Gasteiger partial charge on any atom is -0.444 e. The molecule has 22 heavy (non-hydrogen) atoms. The number of carbonyl (C=O) groups excluding carboxylic acids is 2. The lowest BCUT2D eigenvalue weighted by Crippen LogP contribution is -2.49. The summed E-state index contributed by atoms with van der Waals surface area (Å²) in [4.78, 5) is 25.5. The second-order valence-electron chi connectivity index (χ2n) is 6.54. The van der Waals surface area contributed by atoms with Crippen molar-refractivity contribution in [2.75, 3.05) is 32.7 Å². The molecule has 1 rings (SSSR count). The van der Waals surface area contributed by atoms with E-state index in [1.165, 1.54) is 0 Å². The van der Waals surface area contributed by atoms with E-state index in [4.69, 9.17) is 4.74 Å². The summed E-state index contributed by atoms with van der Waals surface area (Å²) in [7, 11) is 0. The molecule has 1 saturated heterocycles. The van der Waals surface area contributed by atoms with Crippen molar-refractivity contribution >= 4 is 12.1 Å². The first kappa shape index (κ1) is 18.5. The number of carbonyl (C=O) groups is 2. The van der Waals surface area contributed by atoms with Crippen molar-refractivity contribution in [1.82, 2.24) is 20.9 Å². The monoisotopic (exact) mass is 314 g/mol. The Labute approximate surface area is 133 Å². The molecule has 1 heterocycles. The highest BCUT2D eigenvalue weighted by Gasteiger charge is 2.19. The third-order valence-electron chi connectivity index (χ3n) is 3.45. The van der Waals surface area contributed by atoms with E-state index in [9.17, 15) is 9.59 Å². The van der Waals surface area contributed by atoms with Gasteiger partial charge in [0.2, 0.25) is 0 Å². The number of hydrogen-bond donors (Lipinski definition) is 3. The molecule has 0 aromatic carbocycles. The van der Waals surface area contributed by atoms with Crippen LogP contribution in [-0.2, 0) is 4.74 Å². The molecule has 3 N–H and O–H groups in total. The number of nitrogens with zero attached hydrogens (tertiary/aromatic N) is 1. The SMILES string of the molecule is CCN1CCC(NC(=O)NCCNC(=O)OC(C)(C)C)CC1. The molecule has 0 radical (unpaired) electrons. The van der Waals surface area contributed by atoms with Gasteiger partial charge >= 0.3 is 12.1 Å². The Bertz CT molecular complexity index is 360. The van der Waals surface area contributed by atoms with Crippen LogP contribution in [0, 0.1) is 0 Å². The predicted molar refractivity (Wildman–Crippen MR) is 85.9 cm³/mol. The van der Waals surface area contributed by atoms with Gasteiger partial charge in [-0.05, 0) is 40.2 Å². The van der Waals surface area contributed by atoms with Crippen LogP contribution in [0.2, 0.25) is 0 Å². The van der Waals surface area contributed by atoms with Gasteiger partial charge in [-0.15, -0.1) is 0 Å². The number of piperidine rings is 1. The van der Waals surface area contributed by atoms with E-state index in [2.05, 4.69) is 27.8 Å². The van der Waals surface area contributed by atoms with E-state index in [1.54, 1.807) is 0 Å². The van der Waals surface area contributed by atoms with Crippen molar-refractivity contribution in [1.29, 1.82) is 0 Å². The maximum Gasteiger partial charge on any atom is 0.407 e. The molecular formula is C15H30N4O3. The number of urea groups is 1. The molecule has 0 aliphatic carbocycles. The minimum atomic E-state index is -0.512. The van der Waals surface area contributed by atoms with Gasteiger partial charge < -0.3 is 25.6 Å². The van der Waals surface area contributed by atoms with Gasteiger partial charge in [0.05, 0.1) is 0 Å². The van der Waals surface area contributed by atoms with Gasteiger partial charge in [-0.1, -0.05) is 6.92 Å². The highest BCUT2D eigenvalue weighted by Crippen LogP contribution is 2.09. The Morgan fingerprint density at radius 3 is 2.27 bits per heavy atom. The van der Waals surface area contributed by atoms with E-state index in [-0.39, 0.29) is 12.1 Å². The van der Waals surface area contributed by atoms with Crippen molar-refractivity contribution in [3.05, 3.63) is 0 Å². The summed E-state index contributed by atoms with van der Waals surface area (Å²) in [5.74, 6) is 0. The summed E-state index contributed by atoms with van der Waals surface area (Å²) in [5, 5.41) is 8.31. The van der Waals surface area contributed by atoms with Crippen LogP contribution in [0.25, 0.3) is 0 Å². The Balaban J connectivity index is 2.08. The van der Waals surface area contributed by atoms with Crippen LogP contribution in [0.1, 0.15) is 40.5 Å². The van der Waals surface area contributed by atoms with E-state index in [0.717, 1.165) is 32.5 Å². The van der Waals surface area contributed by atoms with E-state index in [0.29, 0.717) is 13.1 Å². The molecule has 1 aliphatic heterocycles. The molecule has 128 valence electrons. The molecule has 0 aromatic heterocycles. The first-order valence-corrected chi connectivity index (χ1v) is 8.03. The van der Waals surface area contributed by atoms with Crippen molar-refractivity contribution in [2.45, 2.75) is 52.2 Å². The quantitative estimate of drug-likeness (QED) is 0.668. The maximum absolute atomic E-state index is 11.8. The van der Waals surface area contributed by atoms with Crippen molar-refractivity contribution in [2.24, 2.45) is 0 Å². The lowest BCUT2D eigenvalue weighted by molar-refractivity contribution is 0.0528. The summed E-state index contributed by atoms with van der Waals surface area (Å²) in [6, 6.07) is 0.0579. The second kappa shape index (κ2) is 8.82. The fourth-order valence-electron chi connectivity index (χ4n) is 2.28. The third kappa shape index (κ3) is 8.07. The second-order valence-corrected chi connectivity index (χ2v) is 6.54. The van der Waals surface area contributed by atoms with Crippen LogP contribution in [-0.4, -0.2) is 61.4 Å². The summed E-state index contributed by atoms with van der Waals surface area (Å²) in [6.45, 7) is 11.4. The van der Waals surface area contributed by atoms with Crippen molar-refractivity contribution < 1.29 is 14.3 Å². The topological polar surface area (TPSA) is 82.7 Å². The normalized spacial score (nSPS) is 16.9. The maximum atomic E-state index is 11.8. The minimum absolute atomic E-state index is 0.180. The molecule has 0 bridgehead atoms. The Hall–Kier alpha value is -1.50. The number of alkyl carbamates (subject to hydrolysis) is 1. The summed E-state index contributed by atoms with van der Waals surface area (Å²) < 4.78 is 5.10. The molecule has 1 fully saturated rings. The number of nitrogens with one attached hydrogen (secondary N) is 3. The smallest absolute Gasteiger partial charge is 0.407 e. The molecule has 7 nitrogen and oxygen atoms in total. The summed E-state index contributed by atoms with van der Waals surface area (Å²) in [6.07, 6.45) is 1.50. The average Bonchev–Trinajstić information content (AvgIpc) is 2.42. The highest BCUT2D eigenvalue weighted by atomic mass is 16.6. The fourth-order valence-corrected chi connectivity index (χ4v) is 2.28. The van der Waals surface area contributed by atoms with Gasteiger partial charge in [-0.3, -0.25) is 0 Å². The van der Waals surface area contributed by atoms with Gasteiger partial charge in [-0.2, -0.15) is 0 Å². The number of amides is 3. The predicted octanol–water partition coefficient (Wildman–Crippen LogP) is 1.29. The van der Waals surface area contributed by atoms with Crippen LogP contribution in [0.3, 0.4) is 0 Å². The van der Waals surface area contributed by atoms with Gasteiger partial charge in [0.1, 0.15) is 5.60 Å². The van der Waals surface area contributed by atoms with Gasteiger partial charge in [0.15, 0.2) is 0 Å². The van der Waals surface area contributed by atoms with E-state index < -0.39 is 11.7 Å². The first-order chi connectivity index (χ1) is 10.3. The summed E-state index contributed by atoms with van der Waals surface area (Å²) in [5.41, 5.74) is -0.512. The first-order valence-electron chi connectivity index (χ1n) is 8.03. The van der Waals surface area contributed by atoms with E-state index >= 15 is 0 Å². The molecule has 0 atom stereocenters. The van der Waals surface area contributed by atoms with Crippen LogP contribution in [0.4, 0.5) is 9.59 Å². The van der Waals surface area contributed by atoms with Crippen LogP contribution in [0.15, 0.2) is 0 Å². The van der Waals surface area contributed by atoms with E-state index in [1.807, 2.05) is 20.8 Å². The Morgan fingerprint density at radius 2 is 1.73 bits per heavy atom. The number of ether oxygens (including phenoxy) is 1. The number of rotatable bonds is 5. The lowest BCUT2D eigenvalue weighted by Gasteiger charge is -2.31. The molecule has 7 heteroatoms. The Morgan fingerprint density at radius 1 is 1.14 bits per heavy atom. The third-order valence-corrected chi connectivity index (χ3v) is 3.45. The molecular weight excluding hydrogens is 284 g/mol. The molecule has 0 saturated carbocycles. The van der Waals surface area contributed by atoms with Crippen LogP contribution < -0.4 is 16.0 Å². The van der Waals surface area contributed by atoms with Gasteiger partial charge in [0, 0.05) is 32.2 Å². The van der Waals surface area contributed by atoms with Crippen molar-refractivity contribution in [3.63, 3.8) is 0 Å². The van der Waals surface area contributed by atoms with Crippen LogP contribution in [0.5, 0.6) is 0 Å². The zero-order chi connectivity index (χ0) is 16.6.